The first-order chi connectivity index (χ1) is 12.2. The third-order valence-electron chi connectivity index (χ3n) is 3.05. The van der Waals surface area contributed by atoms with Gasteiger partial charge >= 0.3 is 0 Å². The number of hydrogen-bond donors (Lipinski definition) is 2. The first kappa shape index (κ1) is 16.6. The number of aromatic nitrogens is 4. The molecule has 0 aliphatic heterocycles. The Kier molecular flexibility index (Phi) is 5.01. The molecule has 124 valence electrons. The van der Waals surface area contributed by atoms with Crippen molar-refractivity contribution in [2.45, 2.75) is 0 Å². The summed E-state index contributed by atoms with van der Waals surface area (Å²) in [5.41, 5.74) is 0.596. The number of allylic oxidation sites excluding steroid dienone is 1. The molecule has 0 aliphatic carbocycles. The van der Waals surface area contributed by atoms with E-state index in [0.29, 0.717) is 11.4 Å². The number of anilines is 1. The molecule has 0 spiro atoms. The fourth-order valence-electron chi connectivity index (χ4n) is 1.91. The second-order valence-corrected chi connectivity index (χ2v) is 5.67. The highest BCUT2D eigenvalue weighted by Gasteiger charge is 2.08. The van der Waals surface area contributed by atoms with Crippen LogP contribution in [0.2, 0.25) is 0 Å². The van der Waals surface area contributed by atoms with Gasteiger partial charge in [0.25, 0.3) is 0 Å². The Balaban J connectivity index is 1.75. The summed E-state index contributed by atoms with van der Waals surface area (Å²) in [5.74, 6) is 0.200. The molecule has 3 aromatic rings. The highest BCUT2D eigenvalue weighted by atomic mass is 79.9. The Morgan fingerprint density at radius 2 is 2.20 bits per heavy atom. The fourth-order valence-corrected chi connectivity index (χ4v) is 2.29. The molecule has 0 unspecified atom stereocenters. The maximum absolute atomic E-state index is 14.2. The van der Waals surface area contributed by atoms with E-state index in [-0.39, 0.29) is 17.1 Å². The molecule has 7 nitrogen and oxygen atoms in total. The number of nitrogens with zero attached hydrogens (tertiary/aromatic N) is 4. The van der Waals surface area contributed by atoms with Crippen molar-refractivity contribution in [1.82, 2.24) is 20.6 Å². The first-order valence-corrected chi connectivity index (χ1v) is 7.78. The van der Waals surface area contributed by atoms with E-state index in [0.717, 1.165) is 4.47 Å². The average molecular weight is 401 g/mol. The van der Waals surface area contributed by atoms with Gasteiger partial charge in [0.2, 0.25) is 5.82 Å². The van der Waals surface area contributed by atoms with Crippen LogP contribution in [0, 0.1) is 17.1 Å². The summed E-state index contributed by atoms with van der Waals surface area (Å²) in [6.07, 6.45) is 1.37. The zero-order valence-corrected chi connectivity index (χ0v) is 14.2. The molecular formula is C16H10BrFN6O. The summed E-state index contributed by atoms with van der Waals surface area (Å²) in [6.45, 7) is 0. The van der Waals surface area contributed by atoms with E-state index >= 15 is 0 Å². The minimum absolute atomic E-state index is 0.0892. The maximum Gasteiger partial charge on any atom is 0.216 e. The normalized spacial score (nSPS) is 11.0. The molecule has 2 N–H and O–H groups in total. The van der Waals surface area contributed by atoms with E-state index in [1.807, 2.05) is 12.1 Å². The van der Waals surface area contributed by atoms with Crippen LogP contribution in [0.3, 0.4) is 0 Å². The van der Waals surface area contributed by atoms with Gasteiger partial charge in [0.15, 0.2) is 11.6 Å². The van der Waals surface area contributed by atoms with Crippen LogP contribution >= 0.6 is 15.9 Å². The van der Waals surface area contributed by atoms with E-state index in [1.54, 1.807) is 24.3 Å². The Bertz CT molecular complexity index is 952. The van der Waals surface area contributed by atoms with Gasteiger partial charge in [-0.25, -0.2) is 4.39 Å². The monoisotopic (exact) mass is 400 g/mol. The van der Waals surface area contributed by atoms with Crippen molar-refractivity contribution in [2.24, 2.45) is 0 Å². The molecule has 9 heteroatoms. The molecule has 0 saturated heterocycles. The van der Waals surface area contributed by atoms with Crippen LogP contribution in [-0.4, -0.2) is 20.6 Å². The largest absolute Gasteiger partial charge is 0.454 e. The predicted molar refractivity (Wildman–Crippen MR) is 92.0 cm³/mol. The van der Waals surface area contributed by atoms with Crippen LogP contribution in [-0.2, 0) is 0 Å². The van der Waals surface area contributed by atoms with Crippen molar-refractivity contribution in [3.63, 3.8) is 0 Å². The number of ether oxygens (including phenoxy) is 1. The molecule has 0 amide bonds. The van der Waals surface area contributed by atoms with Crippen molar-refractivity contribution in [2.75, 3.05) is 5.32 Å². The standard InChI is InChI=1S/C16H10BrFN6O/c17-11-2-1-3-13(6-11)25-15-5-4-12(7-14(15)18)20-9-10(8-19)16-21-23-24-22-16/h1-7,9,20H,(H,21,22,23,24). The highest BCUT2D eigenvalue weighted by molar-refractivity contribution is 9.10. The Morgan fingerprint density at radius 1 is 1.32 bits per heavy atom. The van der Waals surface area contributed by atoms with Crippen LogP contribution in [0.1, 0.15) is 5.82 Å². The number of rotatable bonds is 5. The van der Waals surface area contributed by atoms with Gasteiger partial charge < -0.3 is 10.1 Å². The lowest BCUT2D eigenvalue weighted by Crippen LogP contribution is -1.95. The summed E-state index contributed by atoms with van der Waals surface area (Å²) in [6, 6.07) is 13.4. The zero-order chi connectivity index (χ0) is 17.6. The number of benzene rings is 2. The highest BCUT2D eigenvalue weighted by Crippen LogP contribution is 2.28. The molecule has 25 heavy (non-hydrogen) atoms. The number of hydrogen-bond acceptors (Lipinski definition) is 6. The summed E-state index contributed by atoms with van der Waals surface area (Å²) in [7, 11) is 0. The first-order valence-electron chi connectivity index (χ1n) is 6.99. The molecule has 0 radical (unpaired) electrons. The molecular weight excluding hydrogens is 391 g/mol. The quantitative estimate of drug-likeness (QED) is 0.630. The van der Waals surface area contributed by atoms with Crippen molar-refractivity contribution in [3.05, 3.63) is 64.8 Å². The van der Waals surface area contributed by atoms with Crippen molar-refractivity contribution >= 4 is 27.2 Å². The van der Waals surface area contributed by atoms with Crippen LogP contribution < -0.4 is 10.1 Å². The average Bonchev–Trinajstić information content (AvgIpc) is 3.12. The smallest absolute Gasteiger partial charge is 0.216 e. The molecule has 0 aliphatic rings. The molecule has 1 aromatic heterocycles. The number of halogens is 2. The Morgan fingerprint density at radius 3 is 2.88 bits per heavy atom. The third kappa shape index (κ3) is 4.19. The molecule has 0 saturated carbocycles. The number of nitriles is 1. The van der Waals surface area contributed by atoms with Gasteiger partial charge in [-0.05, 0) is 35.5 Å². The zero-order valence-electron chi connectivity index (χ0n) is 12.6. The number of nitrogens with one attached hydrogen (secondary N) is 2. The van der Waals surface area contributed by atoms with Crippen molar-refractivity contribution < 1.29 is 9.13 Å². The summed E-state index contributed by atoms with van der Waals surface area (Å²) < 4.78 is 20.6. The van der Waals surface area contributed by atoms with Gasteiger partial charge in [0, 0.05) is 22.4 Å². The molecule has 1 heterocycles. The maximum atomic E-state index is 14.2. The van der Waals surface area contributed by atoms with Crippen molar-refractivity contribution in [3.8, 4) is 17.6 Å². The SMILES string of the molecule is N#CC(=CNc1ccc(Oc2cccc(Br)c2)c(F)c1)c1nn[nH]n1. The summed E-state index contributed by atoms with van der Waals surface area (Å²) >= 11 is 3.33. The van der Waals surface area contributed by atoms with E-state index in [9.17, 15) is 4.39 Å². The van der Waals surface area contributed by atoms with Gasteiger partial charge in [-0.15, -0.1) is 10.2 Å². The number of tetrazole rings is 1. The summed E-state index contributed by atoms with van der Waals surface area (Å²) in [5, 5.41) is 25.0. The van der Waals surface area contributed by atoms with Gasteiger partial charge in [0.05, 0.1) is 0 Å². The lowest BCUT2D eigenvalue weighted by molar-refractivity contribution is 0.442. The van der Waals surface area contributed by atoms with Gasteiger partial charge in [-0.2, -0.15) is 10.5 Å². The predicted octanol–water partition coefficient (Wildman–Crippen LogP) is 3.87. The summed E-state index contributed by atoms with van der Waals surface area (Å²) in [4.78, 5) is 0. The van der Waals surface area contributed by atoms with Gasteiger partial charge in [0.1, 0.15) is 17.4 Å². The van der Waals surface area contributed by atoms with Crippen LogP contribution in [0.4, 0.5) is 10.1 Å². The van der Waals surface area contributed by atoms with Crippen LogP contribution in [0.5, 0.6) is 11.5 Å². The number of H-pyrrole nitrogens is 1. The third-order valence-corrected chi connectivity index (χ3v) is 3.54. The van der Waals surface area contributed by atoms with Crippen molar-refractivity contribution in [1.29, 1.82) is 5.26 Å². The fraction of sp³-hybridized carbons (Fsp3) is 0. The van der Waals surface area contributed by atoms with Crippen LogP contribution in [0.25, 0.3) is 5.57 Å². The van der Waals surface area contributed by atoms with E-state index < -0.39 is 5.82 Å². The van der Waals surface area contributed by atoms with Gasteiger partial charge in [-0.3, -0.25) is 0 Å². The van der Waals surface area contributed by atoms with E-state index in [2.05, 4.69) is 41.9 Å². The molecule has 0 bridgehead atoms. The lowest BCUT2D eigenvalue weighted by Gasteiger charge is -2.09. The lowest BCUT2D eigenvalue weighted by atomic mass is 10.2. The Labute approximate surface area is 150 Å². The van der Waals surface area contributed by atoms with Crippen LogP contribution in [0.15, 0.2) is 53.1 Å². The molecule has 0 atom stereocenters. The van der Waals surface area contributed by atoms with E-state index in [4.69, 9.17) is 10.00 Å². The van der Waals surface area contributed by atoms with E-state index in [1.165, 1.54) is 18.3 Å². The molecule has 0 fully saturated rings. The topological polar surface area (TPSA) is 99.5 Å². The second-order valence-electron chi connectivity index (χ2n) is 4.75. The molecule has 2 aromatic carbocycles. The Hall–Kier alpha value is -3.25. The minimum Gasteiger partial charge on any atom is -0.454 e. The molecule has 3 rings (SSSR count). The minimum atomic E-state index is -0.545. The van der Waals surface area contributed by atoms with Gasteiger partial charge in [-0.1, -0.05) is 22.0 Å². The second kappa shape index (κ2) is 7.55. The number of aromatic amines is 1.